The van der Waals surface area contributed by atoms with Gasteiger partial charge in [0.05, 0.1) is 24.5 Å². The normalized spacial score (nSPS) is 16.6. The van der Waals surface area contributed by atoms with Crippen LogP contribution in [0.4, 0.5) is 15.8 Å². The van der Waals surface area contributed by atoms with Gasteiger partial charge >= 0.3 is 0 Å². The lowest BCUT2D eigenvalue weighted by Crippen LogP contribution is -2.33. The average Bonchev–Trinajstić information content (AvgIpc) is 3.11. The minimum absolute atomic E-state index is 0.0902. The van der Waals surface area contributed by atoms with Gasteiger partial charge in [-0.25, -0.2) is 9.38 Å². The summed E-state index contributed by atoms with van der Waals surface area (Å²) in [5, 5.41) is 2.41. The first kappa shape index (κ1) is 23.5. The Morgan fingerprint density at radius 3 is 2.47 bits per heavy atom. The molecule has 1 saturated heterocycles. The molecule has 0 saturated carbocycles. The monoisotopic (exact) mass is 477 g/mol. The van der Waals surface area contributed by atoms with Gasteiger partial charge < -0.3 is 10.1 Å². The third-order valence-electron chi connectivity index (χ3n) is 5.09. The van der Waals surface area contributed by atoms with Gasteiger partial charge in [0, 0.05) is 6.42 Å². The van der Waals surface area contributed by atoms with Crippen LogP contribution in [0.2, 0.25) is 0 Å². The van der Waals surface area contributed by atoms with Crippen LogP contribution in [-0.4, -0.2) is 33.7 Å². The molecule has 0 spiro atoms. The second-order valence-electron chi connectivity index (χ2n) is 7.57. The van der Waals surface area contributed by atoms with Crippen LogP contribution < -0.4 is 10.1 Å². The molecule has 1 heterocycles. The number of rotatable bonds is 8. The fourth-order valence-corrected chi connectivity index (χ4v) is 4.62. The van der Waals surface area contributed by atoms with Crippen LogP contribution >= 0.6 is 11.8 Å². The quantitative estimate of drug-likeness (QED) is 0.473. The summed E-state index contributed by atoms with van der Waals surface area (Å²) in [4.78, 5) is 32.1. The largest absolute Gasteiger partial charge is 0.494 e. The summed E-state index contributed by atoms with van der Waals surface area (Å²) in [6.45, 7) is 2.83. The number of amides is 2. The van der Waals surface area contributed by atoms with Crippen LogP contribution in [0.3, 0.4) is 0 Å². The first-order valence-corrected chi connectivity index (χ1v) is 11.8. The second-order valence-corrected chi connectivity index (χ2v) is 8.74. The number of halogens is 1. The van der Waals surface area contributed by atoms with Crippen molar-refractivity contribution in [1.29, 1.82) is 0 Å². The fraction of sp³-hybridized carbons (Fsp3) is 0.192. The van der Waals surface area contributed by atoms with Gasteiger partial charge in [-0.2, -0.15) is 0 Å². The molecule has 1 atom stereocenters. The van der Waals surface area contributed by atoms with E-state index >= 15 is 0 Å². The number of nitrogens with one attached hydrogen (secondary N) is 1. The molecule has 174 valence electrons. The zero-order chi connectivity index (χ0) is 23.9. The molecule has 0 bridgehead atoms. The number of hydrogen-bond acceptors (Lipinski definition) is 5. The Morgan fingerprint density at radius 2 is 1.76 bits per heavy atom. The summed E-state index contributed by atoms with van der Waals surface area (Å²) in [7, 11) is 0. The van der Waals surface area contributed by atoms with Crippen molar-refractivity contribution in [2.45, 2.75) is 25.1 Å². The van der Waals surface area contributed by atoms with Gasteiger partial charge in [0.25, 0.3) is 0 Å². The van der Waals surface area contributed by atoms with Gasteiger partial charge in [-0.15, -0.1) is 0 Å². The van der Waals surface area contributed by atoms with Gasteiger partial charge in [0.2, 0.25) is 11.8 Å². The molecule has 1 N–H and O–H groups in total. The Balaban J connectivity index is 1.54. The molecule has 3 aromatic rings. The number of nitrogens with zero attached hydrogens (tertiary/aromatic N) is 2. The van der Waals surface area contributed by atoms with E-state index in [4.69, 9.17) is 4.74 Å². The molecule has 3 aromatic carbocycles. The number of hydrogen-bond donors (Lipinski definition) is 1. The van der Waals surface area contributed by atoms with Crippen LogP contribution in [0, 0.1) is 5.82 Å². The maximum absolute atomic E-state index is 13.9. The standard InChI is InChI=1S/C26H24FN3O3S/c1-2-33-20-14-12-19(13-15-20)28-26-30(17-18-8-4-3-5-9-18)25(32)23(34-26)16-24(31)29-22-11-7-6-10-21(22)27/h3-15,23H,2,16-17H2,1H3,(H,29,31). The molecule has 2 amide bonds. The number of amidine groups is 1. The molecule has 1 aliphatic rings. The van der Waals surface area contributed by atoms with E-state index in [0.717, 1.165) is 11.3 Å². The Morgan fingerprint density at radius 1 is 1.06 bits per heavy atom. The van der Waals surface area contributed by atoms with Gasteiger partial charge in [-0.05, 0) is 48.9 Å². The zero-order valence-electron chi connectivity index (χ0n) is 18.6. The number of benzene rings is 3. The van der Waals surface area contributed by atoms with Crippen molar-refractivity contribution in [2.75, 3.05) is 11.9 Å². The van der Waals surface area contributed by atoms with Crippen molar-refractivity contribution in [1.82, 2.24) is 4.90 Å². The number of anilines is 1. The highest BCUT2D eigenvalue weighted by atomic mass is 32.2. The van der Waals surface area contributed by atoms with Crippen LogP contribution in [0.25, 0.3) is 0 Å². The molecule has 34 heavy (non-hydrogen) atoms. The topological polar surface area (TPSA) is 71.0 Å². The summed E-state index contributed by atoms with van der Waals surface area (Å²) < 4.78 is 19.4. The molecule has 1 aliphatic heterocycles. The fourth-order valence-electron chi connectivity index (χ4n) is 3.46. The number of aliphatic imine (C=N–C) groups is 1. The van der Waals surface area contributed by atoms with Crippen molar-refractivity contribution in [2.24, 2.45) is 4.99 Å². The molecule has 0 aromatic heterocycles. The van der Waals surface area contributed by atoms with Crippen molar-refractivity contribution in [3.8, 4) is 5.75 Å². The summed E-state index contributed by atoms with van der Waals surface area (Å²) in [6, 6.07) is 22.8. The summed E-state index contributed by atoms with van der Waals surface area (Å²) >= 11 is 1.24. The predicted octanol–water partition coefficient (Wildman–Crippen LogP) is 5.38. The van der Waals surface area contributed by atoms with Crippen LogP contribution in [0.5, 0.6) is 5.75 Å². The van der Waals surface area contributed by atoms with Gasteiger partial charge in [-0.3, -0.25) is 14.5 Å². The highest BCUT2D eigenvalue weighted by molar-refractivity contribution is 8.15. The number of para-hydroxylation sites is 1. The van der Waals surface area contributed by atoms with Gasteiger partial charge in [0.1, 0.15) is 16.8 Å². The SMILES string of the molecule is CCOc1ccc(N=C2SC(CC(=O)Nc3ccccc3F)C(=O)N2Cc2ccccc2)cc1. The third-order valence-corrected chi connectivity index (χ3v) is 6.27. The van der Waals surface area contributed by atoms with E-state index in [9.17, 15) is 14.0 Å². The number of thioether (sulfide) groups is 1. The summed E-state index contributed by atoms with van der Waals surface area (Å²) in [5.41, 5.74) is 1.72. The minimum Gasteiger partial charge on any atom is -0.494 e. The summed E-state index contributed by atoms with van der Waals surface area (Å²) in [6.07, 6.45) is -0.0918. The lowest BCUT2D eigenvalue weighted by Gasteiger charge is -2.16. The maximum Gasteiger partial charge on any atom is 0.242 e. The first-order chi connectivity index (χ1) is 16.5. The van der Waals surface area contributed by atoms with E-state index < -0.39 is 17.0 Å². The second kappa shape index (κ2) is 11.0. The Bertz CT molecular complexity index is 1190. The zero-order valence-corrected chi connectivity index (χ0v) is 19.4. The van der Waals surface area contributed by atoms with E-state index in [0.29, 0.717) is 24.0 Å². The van der Waals surface area contributed by atoms with Gasteiger partial charge in [-0.1, -0.05) is 54.2 Å². The molecule has 1 unspecified atom stereocenters. The first-order valence-electron chi connectivity index (χ1n) is 10.9. The van der Waals surface area contributed by atoms with Crippen molar-refractivity contribution >= 4 is 40.1 Å². The van der Waals surface area contributed by atoms with E-state index in [2.05, 4.69) is 10.3 Å². The van der Waals surface area contributed by atoms with E-state index in [1.807, 2.05) is 61.5 Å². The molecule has 0 radical (unpaired) electrons. The Labute approximate surface area is 201 Å². The van der Waals surface area contributed by atoms with Crippen LogP contribution in [-0.2, 0) is 16.1 Å². The Hall–Kier alpha value is -3.65. The number of ether oxygens (including phenoxy) is 1. The number of carbonyl (C=O) groups is 2. The lowest BCUT2D eigenvalue weighted by molar-refractivity contribution is -0.128. The van der Waals surface area contributed by atoms with E-state index in [1.54, 1.807) is 17.0 Å². The lowest BCUT2D eigenvalue weighted by atomic mass is 10.2. The smallest absolute Gasteiger partial charge is 0.242 e. The average molecular weight is 478 g/mol. The van der Waals surface area contributed by atoms with Crippen LogP contribution in [0.15, 0.2) is 83.9 Å². The van der Waals surface area contributed by atoms with E-state index in [-0.39, 0.29) is 18.0 Å². The Kier molecular flexibility index (Phi) is 7.59. The summed E-state index contributed by atoms with van der Waals surface area (Å²) in [5.74, 6) is -0.421. The molecular formula is C26H24FN3O3S. The number of carbonyl (C=O) groups excluding carboxylic acids is 2. The highest BCUT2D eigenvalue weighted by Crippen LogP contribution is 2.33. The van der Waals surface area contributed by atoms with Crippen molar-refractivity contribution in [3.63, 3.8) is 0 Å². The molecule has 4 rings (SSSR count). The van der Waals surface area contributed by atoms with Crippen molar-refractivity contribution in [3.05, 3.63) is 90.2 Å². The van der Waals surface area contributed by atoms with Crippen LogP contribution in [0.1, 0.15) is 18.9 Å². The molecular weight excluding hydrogens is 453 g/mol. The molecule has 0 aliphatic carbocycles. The highest BCUT2D eigenvalue weighted by Gasteiger charge is 2.39. The van der Waals surface area contributed by atoms with Crippen molar-refractivity contribution < 1.29 is 18.7 Å². The van der Waals surface area contributed by atoms with Gasteiger partial charge in [0.15, 0.2) is 5.17 Å². The molecule has 1 fully saturated rings. The maximum atomic E-state index is 13.9. The van der Waals surface area contributed by atoms with E-state index in [1.165, 1.54) is 23.9 Å². The molecule has 6 nitrogen and oxygen atoms in total. The molecule has 8 heteroatoms. The predicted molar refractivity (Wildman–Crippen MR) is 133 cm³/mol. The minimum atomic E-state index is -0.656. The third kappa shape index (κ3) is 5.82.